The number of amides is 1. The Bertz CT molecular complexity index is 471. The van der Waals surface area contributed by atoms with Gasteiger partial charge in [-0.15, -0.1) is 0 Å². The van der Waals surface area contributed by atoms with Crippen LogP contribution in [0.15, 0.2) is 10.6 Å². The second kappa shape index (κ2) is 5.83. The Hall–Kier alpha value is -1.89. The highest BCUT2D eigenvalue weighted by Crippen LogP contribution is 2.17. The molecule has 2 rings (SSSR count). The van der Waals surface area contributed by atoms with E-state index in [0.29, 0.717) is 24.7 Å². The minimum Gasteiger partial charge on any atom is -0.469 e. The third-order valence-corrected chi connectivity index (χ3v) is 3.06. The largest absolute Gasteiger partial charge is 0.469 e. The maximum atomic E-state index is 11.8. The van der Waals surface area contributed by atoms with Crippen molar-refractivity contribution < 1.29 is 18.8 Å². The molecule has 2 heterocycles. The zero-order chi connectivity index (χ0) is 13.8. The lowest BCUT2D eigenvalue weighted by Crippen LogP contribution is -2.32. The van der Waals surface area contributed by atoms with Gasteiger partial charge in [-0.1, -0.05) is 5.16 Å². The number of aromatic nitrogens is 1. The van der Waals surface area contributed by atoms with E-state index in [4.69, 9.17) is 9.26 Å². The van der Waals surface area contributed by atoms with Crippen LogP contribution in [0.5, 0.6) is 0 Å². The van der Waals surface area contributed by atoms with Gasteiger partial charge in [0.15, 0.2) is 0 Å². The number of hydrogen-bond acceptors (Lipinski definition) is 6. The van der Waals surface area contributed by atoms with Crippen LogP contribution in [0.4, 0.5) is 5.88 Å². The molecule has 1 amide bonds. The molecule has 0 radical (unpaired) electrons. The van der Waals surface area contributed by atoms with E-state index < -0.39 is 0 Å². The Labute approximate surface area is 110 Å². The van der Waals surface area contributed by atoms with Gasteiger partial charge in [-0.05, 0) is 19.9 Å². The van der Waals surface area contributed by atoms with Crippen LogP contribution in [0.25, 0.3) is 0 Å². The molecule has 1 aromatic rings. The van der Waals surface area contributed by atoms with Gasteiger partial charge >= 0.3 is 5.97 Å². The normalized spacial score (nSPS) is 19.4. The molecule has 0 spiro atoms. The van der Waals surface area contributed by atoms with Crippen LogP contribution < -0.4 is 5.32 Å². The van der Waals surface area contributed by atoms with Crippen LogP contribution in [0.3, 0.4) is 0 Å². The Kier molecular flexibility index (Phi) is 4.16. The fourth-order valence-corrected chi connectivity index (χ4v) is 2.14. The summed E-state index contributed by atoms with van der Waals surface area (Å²) in [6.45, 7) is 3.27. The van der Waals surface area contributed by atoms with Crippen LogP contribution in [-0.2, 0) is 14.3 Å². The molecule has 0 bridgehead atoms. The monoisotopic (exact) mass is 267 g/mol. The first-order chi connectivity index (χ1) is 9.08. The minimum absolute atomic E-state index is 0.134. The van der Waals surface area contributed by atoms with E-state index in [1.54, 1.807) is 13.0 Å². The Morgan fingerprint density at radius 2 is 2.42 bits per heavy atom. The summed E-state index contributed by atoms with van der Waals surface area (Å²) in [4.78, 5) is 25.1. The third-order valence-electron chi connectivity index (χ3n) is 3.06. The predicted octanol–water partition coefficient (Wildman–Crippen LogP) is 0.416. The lowest BCUT2D eigenvalue weighted by atomic mass is 10.1. The molecular weight excluding hydrogens is 250 g/mol. The average molecular weight is 267 g/mol. The van der Waals surface area contributed by atoms with Crippen LogP contribution in [0.2, 0.25) is 0 Å². The van der Waals surface area contributed by atoms with Gasteiger partial charge in [0.1, 0.15) is 0 Å². The molecule has 1 aliphatic rings. The quantitative estimate of drug-likeness (QED) is 0.796. The highest BCUT2D eigenvalue weighted by Gasteiger charge is 2.29. The fourth-order valence-electron chi connectivity index (χ4n) is 2.14. The number of ether oxygens (including phenoxy) is 1. The SMILES string of the molecule is COC(=O)C1CCN(CC(=O)Nc2cc(C)no2)C1. The minimum atomic E-state index is -0.214. The summed E-state index contributed by atoms with van der Waals surface area (Å²) in [7, 11) is 1.38. The summed E-state index contributed by atoms with van der Waals surface area (Å²) < 4.78 is 9.60. The zero-order valence-electron chi connectivity index (χ0n) is 11.0. The number of carbonyl (C=O) groups is 2. The van der Waals surface area contributed by atoms with Crippen molar-refractivity contribution >= 4 is 17.8 Å². The smallest absolute Gasteiger partial charge is 0.310 e. The van der Waals surface area contributed by atoms with Gasteiger partial charge in [0.25, 0.3) is 0 Å². The Balaban J connectivity index is 1.79. The summed E-state index contributed by atoms with van der Waals surface area (Å²) in [5.74, 6) is -0.188. The van der Waals surface area contributed by atoms with Crippen molar-refractivity contribution in [1.82, 2.24) is 10.1 Å². The first-order valence-corrected chi connectivity index (χ1v) is 6.12. The molecular formula is C12H17N3O4. The standard InChI is InChI=1S/C12H17N3O4/c1-8-5-11(19-14-8)13-10(16)7-15-4-3-9(6-15)12(17)18-2/h5,9H,3-4,6-7H2,1-2H3,(H,13,16). The number of rotatable bonds is 4. The van der Waals surface area contributed by atoms with Gasteiger partial charge < -0.3 is 9.26 Å². The molecule has 1 fully saturated rings. The van der Waals surface area contributed by atoms with Gasteiger partial charge in [0.05, 0.1) is 25.3 Å². The molecule has 1 saturated heterocycles. The molecule has 1 N–H and O–H groups in total. The highest BCUT2D eigenvalue weighted by molar-refractivity contribution is 5.91. The second-order valence-corrected chi connectivity index (χ2v) is 4.62. The van der Waals surface area contributed by atoms with Crippen molar-refractivity contribution in [3.8, 4) is 0 Å². The number of methoxy groups -OCH3 is 1. The molecule has 0 saturated carbocycles. The van der Waals surface area contributed by atoms with Gasteiger partial charge in [-0.3, -0.25) is 19.8 Å². The predicted molar refractivity (Wildman–Crippen MR) is 66.4 cm³/mol. The number of anilines is 1. The molecule has 0 aromatic carbocycles. The van der Waals surface area contributed by atoms with Crippen molar-refractivity contribution in [3.63, 3.8) is 0 Å². The maximum absolute atomic E-state index is 11.8. The number of carbonyl (C=O) groups excluding carboxylic acids is 2. The molecule has 19 heavy (non-hydrogen) atoms. The molecule has 1 atom stereocenters. The molecule has 0 aliphatic carbocycles. The molecule has 1 unspecified atom stereocenters. The van der Waals surface area contributed by atoms with Crippen molar-refractivity contribution in [1.29, 1.82) is 0 Å². The number of hydrogen-bond donors (Lipinski definition) is 1. The fraction of sp³-hybridized carbons (Fsp3) is 0.583. The van der Waals surface area contributed by atoms with Gasteiger partial charge in [-0.2, -0.15) is 0 Å². The molecule has 7 nitrogen and oxygen atoms in total. The van der Waals surface area contributed by atoms with E-state index in [0.717, 1.165) is 6.42 Å². The summed E-state index contributed by atoms with van der Waals surface area (Å²) >= 11 is 0. The first-order valence-electron chi connectivity index (χ1n) is 6.12. The molecule has 7 heteroatoms. The van der Waals surface area contributed by atoms with E-state index in [1.165, 1.54) is 7.11 Å². The van der Waals surface area contributed by atoms with Crippen molar-refractivity contribution in [2.45, 2.75) is 13.3 Å². The van der Waals surface area contributed by atoms with Crippen LogP contribution in [-0.4, -0.2) is 48.7 Å². The lowest BCUT2D eigenvalue weighted by Gasteiger charge is -2.14. The van der Waals surface area contributed by atoms with E-state index in [9.17, 15) is 9.59 Å². The number of nitrogens with one attached hydrogen (secondary N) is 1. The molecule has 1 aliphatic heterocycles. The van der Waals surface area contributed by atoms with Gasteiger partial charge in [-0.25, -0.2) is 0 Å². The average Bonchev–Trinajstić information content (AvgIpc) is 2.98. The van der Waals surface area contributed by atoms with E-state index in [1.807, 2.05) is 4.90 Å². The second-order valence-electron chi connectivity index (χ2n) is 4.62. The molecule has 104 valence electrons. The topological polar surface area (TPSA) is 84.7 Å². The number of esters is 1. The van der Waals surface area contributed by atoms with Crippen LogP contribution in [0.1, 0.15) is 12.1 Å². The molecule has 1 aromatic heterocycles. The van der Waals surface area contributed by atoms with E-state index in [-0.39, 0.29) is 24.3 Å². The van der Waals surface area contributed by atoms with Crippen molar-refractivity contribution in [2.75, 3.05) is 32.1 Å². The van der Waals surface area contributed by atoms with Crippen LogP contribution in [0, 0.1) is 12.8 Å². The number of likely N-dealkylation sites (tertiary alicyclic amines) is 1. The Morgan fingerprint density at radius 3 is 3.05 bits per heavy atom. The van der Waals surface area contributed by atoms with Gasteiger partial charge in [0, 0.05) is 12.6 Å². The highest BCUT2D eigenvalue weighted by atomic mass is 16.5. The Morgan fingerprint density at radius 1 is 1.63 bits per heavy atom. The third kappa shape index (κ3) is 3.54. The summed E-state index contributed by atoms with van der Waals surface area (Å²) in [5.41, 5.74) is 0.710. The van der Waals surface area contributed by atoms with Crippen LogP contribution >= 0.6 is 0 Å². The van der Waals surface area contributed by atoms with Gasteiger partial charge in [0.2, 0.25) is 11.8 Å². The van der Waals surface area contributed by atoms with E-state index >= 15 is 0 Å². The summed E-state index contributed by atoms with van der Waals surface area (Å²) in [5, 5.41) is 6.31. The maximum Gasteiger partial charge on any atom is 0.310 e. The van der Waals surface area contributed by atoms with Crippen molar-refractivity contribution in [2.24, 2.45) is 5.92 Å². The number of nitrogens with zero attached hydrogens (tertiary/aromatic N) is 2. The summed E-state index contributed by atoms with van der Waals surface area (Å²) in [6, 6.07) is 1.65. The van der Waals surface area contributed by atoms with Crippen molar-refractivity contribution in [3.05, 3.63) is 11.8 Å². The lowest BCUT2D eigenvalue weighted by molar-refractivity contribution is -0.145. The summed E-state index contributed by atoms with van der Waals surface area (Å²) in [6.07, 6.45) is 0.724. The number of aryl methyl sites for hydroxylation is 1. The van der Waals surface area contributed by atoms with E-state index in [2.05, 4.69) is 10.5 Å². The zero-order valence-corrected chi connectivity index (χ0v) is 11.0. The first kappa shape index (κ1) is 13.5.